The summed E-state index contributed by atoms with van der Waals surface area (Å²) >= 11 is 15.2. The Morgan fingerprint density at radius 2 is 1.91 bits per heavy atom. The van der Waals surface area contributed by atoms with E-state index in [9.17, 15) is 0 Å². The van der Waals surface area contributed by atoms with Gasteiger partial charge in [0.15, 0.2) is 0 Å². The third-order valence-corrected chi connectivity index (χ3v) is 6.77. The fourth-order valence-corrected chi connectivity index (χ4v) is 4.58. The van der Waals surface area contributed by atoms with E-state index >= 15 is 0 Å². The number of rotatable bonds is 9. The first kappa shape index (κ1) is 20.4. The van der Waals surface area contributed by atoms with Gasteiger partial charge >= 0.3 is 0 Å². The van der Waals surface area contributed by atoms with Crippen LogP contribution in [0.3, 0.4) is 0 Å². The SMILES string of the molecule is C#CC[N+](CCCC)(CCCC)CC1(I)C=CC(Cl)=CC1Cl. The van der Waals surface area contributed by atoms with Gasteiger partial charge in [0.25, 0.3) is 0 Å². The van der Waals surface area contributed by atoms with Crippen molar-refractivity contribution in [2.24, 2.45) is 0 Å². The van der Waals surface area contributed by atoms with Crippen molar-refractivity contribution < 1.29 is 4.48 Å². The number of halogens is 3. The summed E-state index contributed by atoms with van der Waals surface area (Å²) in [5, 5.41) is 0.633. The van der Waals surface area contributed by atoms with Gasteiger partial charge < -0.3 is 4.48 Å². The summed E-state index contributed by atoms with van der Waals surface area (Å²) in [5.41, 5.74) is 0. The molecule has 0 saturated carbocycles. The van der Waals surface area contributed by atoms with Gasteiger partial charge in [-0.15, -0.1) is 18.0 Å². The number of alkyl halides is 2. The molecule has 2 atom stereocenters. The fourth-order valence-electron chi connectivity index (χ4n) is 2.96. The van der Waals surface area contributed by atoms with E-state index in [-0.39, 0.29) is 8.80 Å². The Balaban J connectivity index is 2.99. The van der Waals surface area contributed by atoms with Gasteiger partial charge in [-0.1, -0.05) is 67.0 Å². The van der Waals surface area contributed by atoms with E-state index < -0.39 is 0 Å². The summed E-state index contributed by atoms with van der Waals surface area (Å²) in [5.74, 6) is 2.92. The summed E-state index contributed by atoms with van der Waals surface area (Å²) in [6.07, 6.45) is 16.6. The number of hydrogen-bond acceptors (Lipinski definition) is 0. The third kappa shape index (κ3) is 5.74. The zero-order valence-corrected chi connectivity index (χ0v) is 17.3. The summed E-state index contributed by atoms with van der Waals surface area (Å²) in [6.45, 7) is 8.46. The number of unbranched alkanes of at least 4 members (excludes halogenated alkanes) is 2. The largest absolute Gasteiger partial charge is 0.312 e. The predicted molar refractivity (Wildman–Crippen MR) is 108 cm³/mol. The van der Waals surface area contributed by atoms with Crippen LogP contribution in [0.2, 0.25) is 0 Å². The highest BCUT2D eigenvalue weighted by molar-refractivity contribution is 14.1. The predicted octanol–water partition coefficient (Wildman–Crippen LogP) is 5.51. The second-order valence-corrected chi connectivity index (χ2v) is 9.14. The molecule has 1 nitrogen and oxygen atoms in total. The molecule has 0 heterocycles. The van der Waals surface area contributed by atoms with Crippen LogP contribution in [0.15, 0.2) is 23.3 Å². The van der Waals surface area contributed by atoms with Crippen LogP contribution in [0.25, 0.3) is 0 Å². The van der Waals surface area contributed by atoms with Crippen LogP contribution >= 0.6 is 45.8 Å². The summed E-state index contributed by atoms with van der Waals surface area (Å²) in [4.78, 5) is 0. The molecule has 0 bridgehead atoms. The van der Waals surface area contributed by atoms with E-state index in [4.69, 9.17) is 29.6 Å². The molecule has 0 spiro atoms. The highest BCUT2D eigenvalue weighted by atomic mass is 127. The quantitative estimate of drug-likeness (QED) is 0.186. The van der Waals surface area contributed by atoms with Crippen LogP contribution in [0.4, 0.5) is 0 Å². The minimum atomic E-state index is -0.129. The molecule has 0 radical (unpaired) electrons. The molecule has 0 N–H and O–H groups in total. The van der Waals surface area contributed by atoms with Crippen LogP contribution in [0, 0.1) is 12.3 Å². The number of hydrogen-bond donors (Lipinski definition) is 0. The van der Waals surface area contributed by atoms with Crippen molar-refractivity contribution >= 4 is 45.8 Å². The molecule has 0 aromatic rings. The molecule has 0 aliphatic heterocycles. The van der Waals surface area contributed by atoms with Crippen molar-refractivity contribution in [3.8, 4) is 12.3 Å². The molecular weight excluding hydrogens is 428 g/mol. The molecule has 0 amide bonds. The van der Waals surface area contributed by atoms with E-state index in [1.54, 1.807) is 0 Å². The molecule has 1 aliphatic carbocycles. The fraction of sp³-hybridized carbons (Fsp3) is 0.667. The van der Waals surface area contributed by atoms with E-state index in [2.05, 4.69) is 48.4 Å². The van der Waals surface area contributed by atoms with E-state index in [1.807, 2.05) is 12.2 Å². The van der Waals surface area contributed by atoms with Crippen molar-refractivity contribution in [1.29, 1.82) is 0 Å². The molecule has 1 aliphatic rings. The lowest BCUT2D eigenvalue weighted by Crippen LogP contribution is -2.58. The van der Waals surface area contributed by atoms with Gasteiger partial charge in [0.1, 0.15) is 9.97 Å². The maximum absolute atomic E-state index is 6.61. The lowest BCUT2D eigenvalue weighted by molar-refractivity contribution is -0.922. The molecular formula is C18H27Cl2IN+. The van der Waals surface area contributed by atoms with E-state index in [0.717, 1.165) is 35.7 Å². The monoisotopic (exact) mass is 454 g/mol. The van der Waals surface area contributed by atoms with Crippen LogP contribution in [0.1, 0.15) is 39.5 Å². The average molecular weight is 455 g/mol. The van der Waals surface area contributed by atoms with Gasteiger partial charge in [0, 0.05) is 5.03 Å². The maximum Gasteiger partial charge on any atom is 0.140 e. The standard InChI is InChI=1S/C18H27Cl2IN/c1-4-7-12-22(11-6-3,13-8-5-2)15-18(21)10-9-16(19)14-17(18)20/h3,9-10,14,17H,4-5,7-8,11-13,15H2,1-2H3/q+1. The lowest BCUT2D eigenvalue weighted by atomic mass is 9.97. The Hall–Kier alpha value is 0.310. The first-order chi connectivity index (χ1) is 10.4. The highest BCUT2D eigenvalue weighted by Gasteiger charge is 2.42. The molecule has 22 heavy (non-hydrogen) atoms. The first-order valence-corrected chi connectivity index (χ1v) is 9.99. The van der Waals surface area contributed by atoms with Crippen LogP contribution in [0.5, 0.6) is 0 Å². The van der Waals surface area contributed by atoms with Crippen LogP contribution in [-0.2, 0) is 0 Å². The van der Waals surface area contributed by atoms with Crippen molar-refractivity contribution in [3.63, 3.8) is 0 Å². The number of terminal acetylenes is 1. The van der Waals surface area contributed by atoms with Crippen molar-refractivity contribution in [1.82, 2.24) is 0 Å². The van der Waals surface area contributed by atoms with Crippen molar-refractivity contribution in [2.75, 3.05) is 26.2 Å². The third-order valence-electron chi connectivity index (χ3n) is 4.26. The summed E-state index contributed by atoms with van der Waals surface area (Å²) in [7, 11) is 0. The van der Waals surface area contributed by atoms with Gasteiger partial charge in [-0.2, -0.15) is 0 Å². The Morgan fingerprint density at radius 3 is 2.36 bits per heavy atom. The topological polar surface area (TPSA) is 0 Å². The molecule has 0 aromatic carbocycles. The first-order valence-electron chi connectivity index (χ1n) is 8.09. The van der Waals surface area contributed by atoms with Gasteiger partial charge in [-0.25, -0.2) is 0 Å². The second kappa shape index (κ2) is 9.57. The Kier molecular flexibility index (Phi) is 8.85. The summed E-state index contributed by atoms with van der Waals surface area (Å²) < 4.78 is 0.830. The Bertz CT molecular complexity index is 444. The smallest absolute Gasteiger partial charge is 0.140 e. The number of nitrogens with zero attached hydrogens (tertiary/aromatic N) is 1. The lowest BCUT2D eigenvalue weighted by Gasteiger charge is -2.44. The van der Waals surface area contributed by atoms with E-state index in [1.165, 1.54) is 25.7 Å². The van der Waals surface area contributed by atoms with Crippen molar-refractivity contribution in [3.05, 3.63) is 23.3 Å². The minimum Gasteiger partial charge on any atom is -0.312 e. The molecule has 1 rings (SSSR count). The molecule has 4 heteroatoms. The number of quaternary nitrogens is 1. The zero-order valence-electron chi connectivity index (χ0n) is 13.6. The Labute approximate surface area is 159 Å². The normalized spacial score (nSPS) is 24.9. The van der Waals surface area contributed by atoms with Gasteiger partial charge in [-0.3, -0.25) is 0 Å². The Morgan fingerprint density at radius 1 is 1.32 bits per heavy atom. The minimum absolute atomic E-state index is 0.0934. The van der Waals surface area contributed by atoms with Gasteiger partial charge in [0.2, 0.25) is 0 Å². The highest BCUT2D eigenvalue weighted by Crippen LogP contribution is 2.38. The second-order valence-electron chi connectivity index (χ2n) is 6.23. The maximum atomic E-state index is 6.61. The number of allylic oxidation sites excluding steroid dienone is 3. The zero-order chi connectivity index (χ0) is 16.6. The molecule has 124 valence electrons. The van der Waals surface area contributed by atoms with Crippen molar-refractivity contribution in [2.45, 2.75) is 48.3 Å². The summed E-state index contributed by atoms with van der Waals surface area (Å²) in [6, 6.07) is 0. The molecule has 2 unspecified atom stereocenters. The van der Waals surface area contributed by atoms with Gasteiger partial charge in [-0.05, 0) is 30.9 Å². The molecule has 0 fully saturated rings. The van der Waals surface area contributed by atoms with Gasteiger partial charge in [0.05, 0.1) is 25.0 Å². The van der Waals surface area contributed by atoms with E-state index in [0.29, 0.717) is 0 Å². The molecule has 0 saturated heterocycles. The average Bonchev–Trinajstić information content (AvgIpc) is 2.48. The van der Waals surface area contributed by atoms with Crippen LogP contribution in [-0.4, -0.2) is 39.5 Å². The molecule has 0 aromatic heterocycles. The van der Waals surface area contributed by atoms with Crippen LogP contribution < -0.4 is 0 Å².